The minimum Gasteiger partial charge on any atom is -0.486 e. The molecule has 0 aliphatic heterocycles. The van der Waals surface area contributed by atoms with Crippen LogP contribution in [-0.2, 0) is 11.4 Å². The first-order valence-corrected chi connectivity index (χ1v) is 8.03. The van der Waals surface area contributed by atoms with Gasteiger partial charge in [0.2, 0.25) is 0 Å². The zero-order valence-electron chi connectivity index (χ0n) is 12.5. The van der Waals surface area contributed by atoms with Crippen LogP contribution in [0.25, 0.3) is 6.08 Å². The van der Waals surface area contributed by atoms with Crippen LogP contribution in [0.4, 0.5) is 0 Å². The molecule has 120 valence electrons. The Hall–Kier alpha value is -1.82. The highest BCUT2D eigenvalue weighted by atomic mass is 79.9. The molecule has 23 heavy (non-hydrogen) atoms. The van der Waals surface area contributed by atoms with Gasteiger partial charge in [0, 0.05) is 6.08 Å². The number of aryl methyl sites for hydroxylation is 1. The summed E-state index contributed by atoms with van der Waals surface area (Å²) in [5, 5.41) is 0.459. The Morgan fingerprint density at radius 1 is 1.39 bits per heavy atom. The lowest BCUT2D eigenvalue weighted by Crippen LogP contribution is -2.27. The topological polar surface area (TPSA) is 64.3 Å². The number of benzene rings is 2. The molecule has 2 aromatic carbocycles. The van der Waals surface area contributed by atoms with Gasteiger partial charge in [0.25, 0.3) is 5.91 Å². The van der Waals surface area contributed by atoms with E-state index in [1.165, 1.54) is 6.08 Å². The first kappa shape index (κ1) is 17.5. The molecule has 0 unspecified atom stereocenters. The van der Waals surface area contributed by atoms with Crippen LogP contribution in [-0.4, -0.2) is 5.91 Å². The number of ether oxygens (including phenoxy) is 1. The van der Waals surface area contributed by atoms with Crippen LogP contribution < -0.4 is 16.0 Å². The van der Waals surface area contributed by atoms with E-state index in [0.717, 1.165) is 16.7 Å². The largest absolute Gasteiger partial charge is 0.486 e. The summed E-state index contributed by atoms with van der Waals surface area (Å²) < 4.78 is 6.55. The highest BCUT2D eigenvalue weighted by Crippen LogP contribution is 2.35. The zero-order chi connectivity index (χ0) is 16.8. The fourth-order valence-corrected chi connectivity index (χ4v) is 2.94. The Kier molecular flexibility index (Phi) is 6.21. The number of carbonyl (C=O) groups excluding carboxylic acids is 1. The lowest BCUT2D eigenvalue weighted by molar-refractivity contribution is -0.116. The molecule has 0 bridgehead atoms. The van der Waals surface area contributed by atoms with Gasteiger partial charge in [0.05, 0.1) is 9.50 Å². The van der Waals surface area contributed by atoms with Crippen LogP contribution >= 0.6 is 27.5 Å². The van der Waals surface area contributed by atoms with Gasteiger partial charge in [-0.25, -0.2) is 5.84 Å². The Labute approximate surface area is 148 Å². The maximum atomic E-state index is 11.1. The number of hydrazine groups is 1. The average molecular weight is 396 g/mol. The molecule has 1 amide bonds. The van der Waals surface area contributed by atoms with E-state index in [-0.39, 0.29) is 0 Å². The molecule has 3 N–H and O–H groups in total. The standard InChI is InChI=1S/C17H16BrClN2O2/c1-11-4-2-3-5-13(11)10-23-17-14(18)8-12(9-15(17)19)6-7-16(22)21-20/h2-9H,10,20H2,1H3,(H,21,22)/b7-6+. The molecule has 6 heteroatoms. The van der Waals surface area contributed by atoms with E-state index < -0.39 is 5.91 Å². The highest BCUT2D eigenvalue weighted by molar-refractivity contribution is 9.10. The minimum atomic E-state index is -0.392. The third kappa shape index (κ3) is 4.82. The van der Waals surface area contributed by atoms with Gasteiger partial charge < -0.3 is 4.74 Å². The third-order valence-electron chi connectivity index (χ3n) is 3.22. The molecule has 0 aliphatic carbocycles. The number of halogens is 2. The molecular weight excluding hydrogens is 380 g/mol. The molecule has 0 saturated heterocycles. The minimum absolute atomic E-state index is 0.392. The van der Waals surface area contributed by atoms with E-state index in [1.54, 1.807) is 12.1 Å². The van der Waals surface area contributed by atoms with Crippen molar-refractivity contribution in [3.63, 3.8) is 0 Å². The van der Waals surface area contributed by atoms with Gasteiger partial charge in [0.15, 0.2) is 5.75 Å². The monoisotopic (exact) mass is 394 g/mol. The second-order valence-corrected chi connectivity index (χ2v) is 6.13. The number of amides is 1. The maximum absolute atomic E-state index is 11.1. The van der Waals surface area contributed by atoms with Crippen LogP contribution in [0.15, 0.2) is 46.9 Å². The van der Waals surface area contributed by atoms with Crippen molar-refractivity contribution in [2.45, 2.75) is 13.5 Å². The molecule has 0 spiro atoms. The summed E-state index contributed by atoms with van der Waals surface area (Å²) in [5.41, 5.74) is 5.04. The molecule has 0 heterocycles. The zero-order valence-corrected chi connectivity index (χ0v) is 14.8. The van der Waals surface area contributed by atoms with E-state index in [2.05, 4.69) is 15.9 Å². The van der Waals surface area contributed by atoms with Crippen LogP contribution in [0.5, 0.6) is 5.75 Å². The molecular formula is C17H16BrClN2O2. The molecule has 2 aromatic rings. The molecule has 0 fully saturated rings. The van der Waals surface area contributed by atoms with Crippen LogP contribution in [0.2, 0.25) is 5.02 Å². The molecule has 0 saturated carbocycles. The summed E-state index contributed by atoms with van der Waals surface area (Å²) in [5.74, 6) is 5.19. The predicted octanol–water partition coefficient (Wildman–Crippen LogP) is 3.99. The Bertz CT molecular complexity index is 724. The SMILES string of the molecule is Cc1ccccc1COc1c(Cl)cc(/C=C/C(=O)NN)cc1Br. The first-order chi connectivity index (χ1) is 11.0. The Balaban J connectivity index is 2.16. The summed E-state index contributed by atoms with van der Waals surface area (Å²) in [4.78, 5) is 11.1. The first-order valence-electron chi connectivity index (χ1n) is 6.86. The lowest BCUT2D eigenvalue weighted by Gasteiger charge is -2.12. The lowest BCUT2D eigenvalue weighted by atomic mass is 10.1. The maximum Gasteiger partial charge on any atom is 0.257 e. The summed E-state index contributed by atoms with van der Waals surface area (Å²) >= 11 is 9.72. The number of carbonyl (C=O) groups is 1. The second-order valence-electron chi connectivity index (χ2n) is 4.87. The molecule has 0 aliphatic rings. The number of nitrogens with two attached hydrogens (primary N) is 1. The van der Waals surface area contributed by atoms with Crippen LogP contribution in [0, 0.1) is 6.92 Å². The average Bonchev–Trinajstić information content (AvgIpc) is 2.53. The second kappa shape index (κ2) is 8.15. The molecule has 4 nitrogen and oxygen atoms in total. The highest BCUT2D eigenvalue weighted by Gasteiger charge is 2.09. The number of nitrogens with one attached hydrogen (secondary N) is 1. The number of hydrogen-bond acceptors (Lipinski definition) is 3. The molecule has 0 atom stereocenters. The van der Waals surface area contributed by atoms with Crippen molar-refractivity contribution in [3.8, 4) is 5.75 Å². The van der Waals surface area contributed by atoms with Gasteiger partial charge in [0.1, 0.15) is 6.61 Å². The van der Waals surface area contributed by atoms with Gasteiger partial charge >= 0.3 is 0 Å². The van der Waals surface area contributed by atoms with Crippen molar-refractivity contribution in [2.24, 2.45) is 5.84 Å². The van der Waals surface area contributed by atoms with Crippen LogP contribution in [0.1, 0.15) is 16.7 Å². The fraction of sp³-hybridized carbons (Fsp3) is 0.118. The van der Waals surface area contributed by atoms with E-state index in [9.17, 15) is 4.79 Å². The van der Waals surface area contributed by atoms with Gasteiger partial charge in [-0.2, -0.15) is 0 Å². The van der Waals surface area contributed by atoms with E-state index in [1.807, 2.05) is 42.7 Å². The summed E-state index contributed by atoms with van der Waals surface area (Å²) in [7, 11) is 0. The van der Waals surface area contributed by atoms with Crippen molar-refractivity contribution in [1.82, 2.24) is 5.43 Å². The molecule has 0 aromatic heterocycles. The van der Waals surface area contributed by atoms with E-state index in [0.29, 0.717) is 21.9 Å². The van der Waals surface area contributed by atoms with Crippen molar-refractivity contribution < 1.29 is 9.53 Å². The third-order valence-corrected chi connectivity index (χ3v) is 4.09. The van der Waals surface area contributed by atoms with Gasteiger partial charge in [-0.15, -0.1) is 0 Å². The van der Waals surface area contributed by atoms with Gasteiger partial charge in [-0.1, -0.05) is 35.9 Å². The van der Waals surface area contributed by atoms with Gasteiger partial charge in [-0.05, 0) is 57.8 Å². The van der Waals surface area contributed by atoms with Crippen molar-refractivity contribution in [1.29, 1.82) is 0 Å². The normalized spacial score (nSPS) is 10.8. The summed E-state index contributed by atoms with van der Waals surface area (Å²) in [6.45, 7) is 2.46. The Morgan fingerprint density at radius 3 is 2.78 bits per heavy atom. The van der Waals surface area contributed by atoms with Crippen molar-refractivity contribution in [3.05, 3.63) is 68.7 Å². The quantitative estimate of drug-likeness (QED) is 0.348. The Morgan fingerprint density at radius 2 is 2.13 bits per heavy atom. The van der Waals surface area contributed by atoms with E-state index in [4.69, 9.17) is 22.2 Å². The summed E-state index contributed by atoms with van der Waals surface area (Å²) in [6.07, 6.45) is 2.94. The predicted molar refractivity (Wildman–Crippen MR) is 96.0 cm³/mol. The number of hydrogen-bond donors (Lipinski definition) is 2. The molecule has 0 radical (unpaired) electrons. The van der Waals surface area contributed by atoms with Gasteiger partial charge in [-0.3, -0.25) is 10.2 Å². The van der Waals surface area contributed by atoms with Crippen molar-refractivity contribution >= 4 is 39.5 Å². The molecule has 2 rings (SSSR count). The fourth-order valence-electron chi connectivity index (χ4n) is 1.96. The number of rotatable bonds is 5. The summed E-state index contributed by atoms with van der Waals surface area (Å²) in [6, 6.07) is 11.5. The van der Waals surface area contributed by atoms with Crippen molar-refractivity contribution in [2.75, 3.05) is 0 Å². The van der Waals surface area contributed by atoms with E-state index >= 15 is 0 Å². The van der Waals surface area contributed by atoms with Crippen LogP contribution in [0.3, 0.4) is 0 Å². The smallest absolute Gasteiger partial charge is 0.257 e.